The van der Waals surface area contributed by atoms with E-state index in [0.717, 1.165) is 17.5 Å². The Morgan fingerprint density at radius 2 is 1.86 bits per heavy atom. The summed E-state index contributed by atoms with van der Waals surface area (Å²) in [7, 11) is 0. The van der Waals surface area contributed by atoms with Gasteiger partial charge in [-0.3, -0.25) is 0 Å². The molecule has 0 amide bonds. The highest BCUT2D eigenvalue weighted by Crippen LogP contribution is 2.12. The molecule has 0 atom stereocenters. The van der Waals surface area contributed by atoms with Crippen molar-refractivity contribution in [3.63, 3.8) is 0 Å². The fourth-order valence-electron chi connectivity index (χ4n) is 1.71. The van der Waals surface area contributed by atoms with Gasteiger partial charge in [0.05, 0.1) is 0 Å². The number of rotatable bonds is 5. The van der Waals surface area contributed by atoms with Crippen molar-refractivity contribution in [3.8, 4) is 0 Å². The highest BCUT2D eigenvalue weighted by molar-refractivity contribution is 5.23. The van der Waals surface area contributed by atoms with E-state index in [4.69, 9.17) is 0 Å². The van der Waals surface area contributed by atoms with Gasteiger partial charge in [0.25, 0.3) is 0 Å². The smallest absolute Gasteiger partial charge is 0.123 e. The van der Waals surface area contributed by atoms with Gasteiger partial charge in [-0.15, -0.1) is 0 Å². The van der Waals surface area contributed by atoms with Crippen molar-refractivity contribution in [1.29, 1.82) is 0 Å². The second-order valence-electron chi connectivity index (χ2n) is 3.95. The van der Waals surface area contributed by atoms with Crippen molar-refractivity contribution >= 4 is 0 Å². The van der Waals surface area contributed by atoms with E-state index in [1.165, 1.54) is 25.7 Å². The summed E-state index contributed by atoms with van der Waals surface area (Å²) in [5, 5.41) is 0. The van der Waals surface area contributed by atoms with Crippen molar-refractivity contribution in [3.05, 3.63) is 35.1 Å². The third-order valence-electron chi connectivity index (χ3n) is 2.42. The molecular weight excluding hydrogens is 175 g/mol. The molecule has 14 heavy (non-hydrogen) atoms. The summed E-state index contributed by atoms with van der Waals surface area (Å²) in [5.74, 6) is -0.101. The summed E-state index contributed by atoms with van der Waals surface area (Å²) >= 11 is 0. The van der Waals surface area contributed by atoms with Crippen LogP contribution in [0, 0.1) is 12.7 Å². The van der Waals surface area contributed by atoms with Gasteiger partial charge in [-0.25, -0.2) is 4.39 Å². The quantitative estimate of drug-likeness (QED) is 0.614. The summed E-state index contributed by atoms with van der Waals surface area (Å²) in [6.45, 7) is 4.14. The molecule has 1 aromatic carbocycles. The number of benzene rings is 1. The van der Waals surface area contributed by atoms with Crippen LogP contribution in [0.4, 0.5) is 4.39 Å². The Hall–Kier alpha value is -0.850. The minimum Gasteiger partial charge on any atom is -0.207 e. The molecule has 0 spiro atoms. The minimum absolute atomic E-state index is 0.101. The Morgan fingerprint density at radius 1 is 1.07 bits per heavy atom. The molecule has 1 rings (SSSR count). The maximum Gasteiger partial charge on any atom is 0.123 e. The van der Waals surface area contributed by atoms with Crippen molar-refractivity contribution < 1.29 is 4.39 Å². The van der Waals surface area contributed by atoms with Gasteiger partial charge in [0.1, 0.15) is 5.82 Å². The molecule has 0 heterocycles. The molecule has 0 aliphatic heterocycles. The van der Waals surface area contributed by atoms with E-state index in [9.17, 15) is 4.39 Å². The summed E-state index contributed by atoms with van der Waals surface area (Å²) < 4.78 is 13.0. The Kier molecular flexibility index (Phi) is 4.64. The van der Waals surface area contributed by atoms with Crippen LogP contribution in [0.2, 0.25) is 0 Å². The lowest BCUT2D eigenvalue weighted by atomic mass is 10.0. The normalized spacial score (nSPS) is 10.5. The molecular formula is C13H19F. The van der Waals surface area contributed by atoms with E-state index in [1.807, 2.05) is 6.92 Å². The third kappa shape index (κ3) is 3.91. The molecule has 78 valence electrons. The Morgan fingerprint density at radius 3 is 2.50 bits per heavy atom. The van der Waals surface area contributed by atoms with E-state index in [-0.39, 0.29) is 5.82 Å². The van der Waals surface area contributed by atoms with Crippen LogP contribution in [0.5, 0.6) is 0 Å². The fourth-order valence-corrected chi connectivity index (χ4v) is 1.71. The Labute approximate surface area is 86.2 Å². The average Bonchev–Trinajstić information content (AvgIpc) is 2.11. The first-order chi connectivity index (χ1) is 6.72. The average molecular weight is 194 g/mol. The molecule has 0 N–H and O–H groups in total. The molecule has 0 nitrogen and oxygen atoms in total. The van der Waals surface area contributed by atoms with Crippen molar-refractivity contribution in [2.24, 2.45) is 0 Å². The van der Waals surface area contributed by atoms with Gasteiger partial charge in [0, 0.05) is 0 Å². The molecule has 1 aromatic rings. The lowest BCUT2D eigenvalue weighted by Gasteiger charge is -2.03. The molecule has 0 saturated heterocycles. The first-order valence-electron chi connectivity index (χ1n) is 5.48. The number of hydrogen-bond acceptors (Lipinski definition) is 0. The van der Waals surface area contributed by atoms with Gasteiger partial charge >= 0.3 is 0 Å². The third-order valence-corrected chi connectivity index (χ3v) is 2.42. The SMILES string of the molecule is CCCCCCc1cc(C)cc(F)c1. The summed E-state index contributed by atoms with van der Waals surface area (Å²) in [6.07, 6.45) is 5.98. The second kappa shape index (κ2) is 5.79. The summed E-state index contributed by atoms with van der Waals surface area (Å²) in [6, 6.07) is 5.31. The van der Waals surface area contributed by atoms with Gasteiger partial charge in [-0.2, -0.15) is 0 Å². The first kappa shape index (κ1) is 11.2. The molecule has 1 heteroatoms. The predicted molar refractivity (Wildman–Crippen MR) is 59.0 cm³/mol. The van der Waals surface area contributed by atoms with Crippen molar-refractivity contribution in [2.75, 3.05) is 0 Å². The number of hydrogen-bond donors (Lipinski definition) is 0. The molecule has 0 saturated carbocycles. The van der Waals surface area contributed by atoms with Crippen LogP contribution in [-0.2, 0) is 6.42 Å². The zero-order valence-corrected chi connectivity index (χ0v) is 9.15. The maximum atomic E-state index is 13.0. The highest BCUT2D eigenvalue weighted by Gasteiger charge is 1.97. The zero-order valence-electron chi connectivity index (χ0n) is 9.15. The van der Waals surface area contributed by atoms with Gasteiger partial charge < -0.3 is 0 Å². The summed E-state index contributed by atoms with van der Waals surface area (Å²) in [4.78, 5) is 0. The molecule has 0 aliphatic carbocycles. The van der Waals surface area contributed by atoms with Crippen molar-refractivity contribution in [2.45, 2.75) is 46.0 Å². The number of halogens is 1. The van der Waals surface area contributed by atoms with Gasteiger partial charge in [-0.1, -0.05) is 32.3 Å². The number of aryl methyl sites for hydroxylation is 2. The standard InChI is InChI=1S/C13H19F/c1-3-4-5-6-7-12-8-11(2)9-13(14)10-12/h8-10H,3-7H2,1-2H3. The van der Waals surface area contributed by atoms with Crippen LogP contribution in [0.1, 0.15) is 43.7 Å². The first-order valence-corrected chi connectivity index (χ1v) is 5.48. The van der Waals surface area contributed by atoms with Gasteiger partial charge in [0.15, 0.2) is 0 Å². The molecule has 0 unspecified atom stereocenters. The zero-order chi connectivity index (χ0) is 10.4. The highest BCUT2D eigenvalue weighted by atomic mass is 19.1. The lowest BCUT2D eigenvalue weighted by molar-refractivity contribution is 0.620. The molecule has 0 bridgehead atoms. The Bertz CT molecular complexity index is 258. The van der Waals surface area contributed by atoms with Crippen molar-refractivity contribution in [1.82, 2.24) is 0 Å². The second-order valence-corrected chi connectivity index (χ2v) is 3.95. The van der Waals surface area contributed by atoms with Crippen LogP contribution in [-0.4, -0.2) is 0 Å². The van der Waals surface area contributed by atoms with Crippen LogP contribution >= 0.6 is 0 Å². The van der Waals surface area contributed by atoms with E-state index in [0.29, 0.717) is 0 Å². The predicted octanol–water partition coefficient (Wildman–Crippen LogP) is 4.26. The number of unbranched alkanes of at least 4 members (excludes halogenated alkanes) is 3. The van der Waals surface area contributed by atoms with E-state index < -0.39 is 0 Å². The van der Waals surface area contributed by atoms with Crippen LogP contribution in [0.25, 0.3) is 0 Å². The van der Waals surface area contributed by atoms with Crippen LogP contribution < -0.4 is 0 Å². The van der Waals surface area contributed by atoms with E-state index in [1.54, 1.807) is 12.1 Å². The fraction of sp³-hybridized carbons (Fsp3) is 0.538. The molecule has 0 radical (unpaired) electrons. The largest absolute Gasteiger partial charge is 0.207 e. The van der Waals surface area contributed by atoms with Gasteiger partial charge in [-0.05, 0) is 43.0 Å². The summed E-state index contributed by atoms with van der Waals surface area (Å²) in [5.41, 5.74) is 2.16. The Balaban J connectivity index is 2.42. The lowest BCUT2D eigenvalue weighted by Crippen LogP contribution is -1.89. The maximum absolute atomic E-state index is 13.0. The topological polar surface area (TPSA) is 0 Å². The monoisotopic (exact) mass is 194 g/mol. The van der Waals surface area contributed by atoms with E-state index in [2.05, 4.69) is 13.0 Å². The van der Waals surface area contributed by atoms with Crippen LogP contribution in [0.3, 0.4) is 0 Å². The van der Waals surface area contributed by atoms with E-state index >= 15 is 0 Å². The molecule has 0 fully saturated rings. The molecule has 0 aliphatic rings. The minimum atomic E-state index is -0.101. The van der Waals surface area contributed by atoms with Crippen LogP contribution in [0.15, 0.2) is 18.2 Å². The molecule has 0 aromatic heterocycles. The van der Waals surface area contributed by atoms with Gasteiger partial charge in [0.2, 0.25) is 0 Å².